The summed E-state index contributed by atoms with van der Waals surface area (Å²) >= 11 is 0. The molecule has 0 rings (SSSR count). The Hall–Kier alpha value is 0.174. The zero-order valence-corrected chi connectivity index (χ0v) is 4.63. The number of carboxylic acid groups (broad SMARTS) is 2. The third-order valence-electron chi connectivity index (χ3n) is 0.183. The van der Waals surface area contributed by atoms with Crippen LogP contribution in [0.2, 0.25) is 0 Å². The van der Waals surface area contributed by atoms with E-state index in [4.69, 9.17) is 19.8 Å². The first-order valence-electron chi connectivity index (χ1n) is 1.11. The zero-order valence-electron chi connectivity index (χ0n) is 2.97. The average Bonchev–Trinajstić information content (AvgIpc) is 1.36. The Balaban J connectivity index is 0. The standard InChI is InChI=1S/C2H2O4.Lu/c3-1(4)2(5)6;/h(H,3,4)(H,5,6);. The van der Waals surface area contributed by atoms with Crippen LogP contribution in [0.5, 0.6) is 0 Å². The van der Waals surface area contributed by atoms with Crippen LogP contribution in [0.25, 0.3) is 0 Å². The summed E-state index contributed by atoms with van der Waals surface area (Å²) in [5.74, 6) is -3.65. The van der Waals surface area contributed by atoms with Crippen LogP contribution in [0, 0.1) is 36.9 Å². The van der Waals surface area contributed by atoms with E-state index in [1.807, 2.05) is 0 Å². The van der Waals surface area contributed by atoms with Crippen LogP contribution in [-0.4, -0.2) is 22.2 Å². The van der Waals surface area contributed by atoms with Crippen molar-refractivity contribution in [3.05, 3.63) is 0 Å². The summed E-state index contributed by atoms with van der Waals surface area (Å²) in [5, 5.41) is 14.8. The minimum atomic E-state index is -1.82. The van der Waals surface area contributed by atoms with Crippen LogP contribution in [0.1, 0.15) is 0 Å². The van der Waals surface area contributed by atoms with Crippen molar-refractivity contribution >= 4 is 11.9 Å². The molecule has 4 nitrogen and oxygen atoms in total. The second-order valence-corrected chi connectivity index (χ2v) is 0.610. The van der Waals surface area contributed by atoms with Gasteiger partial charge in [0.25, 0.3) is 0 Å². The first-order chi connectivity index (χ1) is 2.64. The molecule has 5 heteroatoms. The predicted molar refractivity (Wildman–Crippen MR) is 15.3 cm³/mol. The van der Waals surface area contributed by atoms with Crippen molar-refractivity contribution in [1.82, 2.24) is 0 Å². The molecular weight excluding hydrogens is 263 g/mol. The molecule has 0 saturated heterocycles. The molecule has 0 aromatic carbocycles. The Morgan fingerprint density at radius 1 is 1.00 bits per heavy atom. The Bertz CT molecular complexity index is 75.7. The second-order valence-electron chi connectivity index (χ2n) is 0.610. The number of hydrogen-bond donors (Lipinski definition) is 2. The molecule has 0 heterocycles. The third-order valence-corrected chi connectivity index (χ3v) is 0.183. The van der Waals surface area contributed by atoms with Crippen molar-refractivity contribution in [3.8, 4) is 0 Å². The van der Waals surface area contributed by atoms with Crippen LogP contribution < -0.4 is 0 Å². The molecule has 0 aliphatic heterocycles. The largest absolute Gasteiger partial charge is 0.473 e. The number of hydrogen-bond acceptors (Lipinski definition) is 2. The number of rotatable bonds is 0. The predicted octanol–water partition coefficient (Wildman–Crippen LogP) is -0.844. The minimum absolute atomic E-state index is 0. The normalized spacial score (nSPS) is 6.29. The molecule has 0 aliphatic carbocycles. The van der Waals surface area contributed by atoms with E-state index in [1.165, 1.54) is 0 Å². The van der Waals surface area contributed by atoms with Crippen LogP contribution >= 0.6 is 0 Å². The topological polar surface area (TPSA) is 74.6 Å². The summed E-state index contributed by atoms with van der Waals surface area (Å²) in [6, 6.07) is 0. The number of carbonyl (C=O) groups is 2. The van der Waals surface area contributed by atoms with Gasteiger partial charge in [-0.25, -0.2) is 9.59 Å². The first kappa shape index (κ1) is 10.2. The monoisotopic (exact) mass is 265 g/mol. The van der Waals surface area contributed by atoms with Gasteiger partial charge in [0.05, 0.1) is 0 Å². The SMILES string of the molecule is O=C(O)C(=O)O.[Lu]. The molecule has 0 fully saturated rings. The van der Waals surface area contributed by atoms with Crippen LogP contribution in [0.15, 0.2) is 0 Å². The van der Waals surface area contributed by atoms with E-state index in [2.05, 4.69) is 0 Å². The van der Waals surface area contributed by atoms with Gasteiger partial charge < -0.3 is 10.2 Å². The Morgan fingerprint density at radius 3 is 1.14 bits per heavy atom. The molecule has 0 aliphatic rings. The van der Waals surface area contributed by atoms with Crippen molar-refractivity contribution in [2.75, 3.05) is 0 Å². The maximum atomic E-state index is 9.10. The van der Waals surface area contributed by atoms with Crippen molar-refractivity contribution in [2.45, 2.75) is 0 Å². The molecule has 2 N–H and O–H groups in total. The summed E-state index contributed by atoms with van der Waals surface area (Å²) in [7, 11) is 0. The summed E-state index contributed by atoms with van der Waals surface area (Å²) in [5.41, 5.74) is 0. The molecule has 7 heavy (non-hydrogen) atoms. The van der Waals surface area contributed by atoms with Gasteiger partial charge in [0, 0.05) is 36.9 Å². The maximum Gasteiger partial charge on any atom is 0.414 e. The molecule has 0 unspecified atom stereocenters. The summed E-state index contributed by atoms with van der Waals surface area (Å²) in [6.07, 6.45) is 0. The molecular formula is C2H2LuO4. The Labute approximate surface area is 68.3 Å². The molecule has 0 saturated carbocycles. The molecule has 0 bridgehead atoms. The fourth-order valence-corrected chi connectivity index (χ4v) is 0. The van der Waals surface area contributed by atoms with E-state index >= 15 is 0 Å². The van der Waals surface area contributed by atoms with Crippen molar-refractivity contribution in [3.63, 3.8) is 0 Å². The summed E-state index contributed by atoms with van der Waals surface area (Å²) in [6.45, 7) is 0. The van der Waals surface area contributed by atoms with Gasteiger partial charge in [-0.1, -0.05) is 0 Å². The van der Waals surface area contributed by atoms with Crippen molar-refractivity contribution < 1.29 is 56.7 Å². The molecule has 49 valence electrons. The van der Waals surface area contributed by atoms with Gasteiger partial charge in [0.15, 0.2) is 0 Å². The van der Waals surface area contributed by atoms with Gasteiger partial charge in [-0.3, -0.25) is 0 Å². The van der Waals surface area contributed by atoms with Gasteiger partial charge in [-0.2, -0.15) is 0 Å². The molecule has 1 radical (unpaired) electrons. The Morgan fingerprint density at radius 2 is 1.14 bits per heavy atom. The first-order valence-corrected chi connectivity index (χ1v) is 1.11. The fourth-order valence-electron chi connectivity index (χ4n) is 0. The molecule has 0 spiro atoms. The molecule has 0 atom stereocenters. The zero-order chi connectivity index (χ0) is 5.15. The average molecular weight is 265 g/mol. The van der Waals surface area contributed by atoms with E-state index in [9.17, 15) is 0 Å². The van der Waals surface area contributed by atoms with Gasteiger partial charge in [-0.15, -0.1) is 0 Å². The third kappa shape index (κ3) is 6.17. The van der Waals surface area contributed by atoms with E-state index in [1.54, 1.807) is 0 Å². The van der Waals surface area contributed by atoms with Gasteiger partial charge >= 0.3 is 11.9 Å². The van der Waals surface area contributed by atoms with E-state index < -0.39 is 11.9 Å². The smallest absolute Gasteiger partial charge is 0.414 e. The van der Waals surface area contributed by atoms with Gasteiger partial charge in [0.1, 0.15) is 0 Å². The van der Waals surface area contributed by atoms with Crippen LogP contribution in [0.4, 0.5) is 0 Å². The molecule has 0 aromatic rings. The van der Waals surface area contributed by atoms with Crippen molar-refractivity contribution in [1.29, 1.82) is 0 Å². The van der Waals surface area contributed by atoms with Gasteiger partial charge in [0.2, 0.25) is 0 Å². The summed E-state index contributed by atoms with van der Waals surface area (Å²) < 4.78 is 0. The van der Waals surface area contributed by atoms with E-state index in [0.717, 1.165) is 0 Å². The Kier molecular flexibility index (Phi) is 6.33. The fraction of sp³-hybridized carbons (Fsp3) is 0. The maximum absolute atomic E-state index is 9.10. The summed E-state index contributed by atoms with van der Waals surface area (Å²) in [4.78, 5) is 18.2. The van der Waals surface area contributed by atoms with Gasteiger partial charge in [-0.05, 0) is 0 Å². The van der Waals surface area contributed by atoms with Crippen molar-refractivity contribution in [2.24, 2.45) is 0 Å². The molecule has 0 aromatic heterocycles. The van der Waals surface area contributed by atoms with Crippen LogP contribution in [0.3, 0.4) is 0 Å². The molecule has 0 amide bonds. The quantitative estimate of drug-likeness (QED) is 0.560. The number of carboxylic acids is 2. The van der Waals surface area contributed by atoms with E-state index in [-0.39, 0.29) is 36.9 Å². The van der Waals surface area contributed by atoms with Crippen LogP contribution in [-0.2, 0) is 9.59 Å². The second kappa shape index (κ2) is 4.34. The minimum Gasteiger partial charge on any atom is -0.473 e. The number of aliphatic carboxylic acids is 2. The van der Waals surface area contributed by atoms with E-state index in [0.29, 0.717) is 0 Å².